The number of rotatable bonds is 5. The first-order valence-electron chi connectivity index (χ1n) is 13.9. The van der Waals surface area contributed by atoms with Gasteiger partial charge in [0.15, 0.2) is 0 Å². The van der Waals surface area contributed by atoms with Crippen LogP contribution in [-0.2, 0) is 17.1 Å². The molecule has 35 heavy (non-hydrogen) atoms. The van der Waals surface area contributed by atoms with Gasteiger partial charge in [0.25, 0.3) is 0 Å². The molecule has 4 rings (SSSR count). The van der Waals surface area contributed by atoms with Crippen molar-refractivity contribution in [2.75, 3.05) is 0 Å². The summed E-state index contributed by atoms with van der Waals surface area (Å²) in [4.78, 5) is 2.86. The molecule has 3 saturated carbocycles. The quantitative estimate of drug-likeness (QED) is 0.250. The van der Waals surface area contributed by atoms with E-state index in [0.717, 1.165) is 6.04 Å². The van der Waals surface area contributed by atoms with Gasteiger partial charge in [0, 0.05) is 11.7 Å². The van der Waals surface area contributed by atoms with Crippen LogP contribution in [0, 0.1) is 63.3 Å². The second-order valence-corrected chi connectivity index (χ2v) is 16.8. The van der Waals surface area contributed by atoms with Crippen molar-refractivity contribution in [3.8, 4) is 0 Å². The van der Waals surface area contributed by atoms with E-state index in [-0.39, 0.29) is 25.0 Å². The molecule has 0 bridgehead atoms. The normalized spacial score (nSPS) is 25.5. The Morgan fingerprint density at radius 1 is 0.800 bits per heavy atom. The van der Waals surface area contributed by atoms with E-state index < -0.39 is 0 Å². The summed E-state index contributed by atoms with van der Waals surface area (Å²) >= 11 is 0. The molecule has 1 nitrogen and oxygen atoms in total. The Labute approximate surface area is 232 Å². The van der Waals surface area contributed by atoms with Crippen molar-refractivity contribution in [1.82, 2.24) is 4.90 Å². The van der Waals surface area contributed by atoms with Crippen molar-refractivity contribution < 1.29 is 17.1 Å². The Kier molecular flexibility index (Phi) is 13.2. The van der Waals surface area contributed by atoms with Gasteiger partial charge in [-0.15, -0.1) is 0 Å². The molecule has 0 aliphatic heterocycles. The van der Waals surface area contributed by atoms with E-state index in [4.69, 9.17) is 0 Å². The number of nitrogens with zero attached hydrogens (tertiary/aromatic N) is 1. The minimum absolute atomic E-state index is 0. The molecule has 0 aromatic rings. The largest absolute Gasteiger partial charge is 2.00 e. The van der Waals surface area contributed by atoms with E-state index in [1.807, 2.05) is 32.1 Å². The Balaban J connectivity index is 0.000000640. The van der Waals surface area contributed by atoms with Crippen LogP contribution in [0.25, 0.3) is 0 Å². The van der Waals surface area contributed by atoms with Gasteiger partial charge in [0.2, 0.25) is 0 Å². The fourth-order valence-corrected chi connectivity index (χ4v) is 11.9. The Bertz CT molecular complexity index is 599. The van der Waals surface area contributed by atoms with Crippen LogP contribution in [0.5, 0.6) is 0 Å². The van der Waals surface area contributed by atoms with Crippen molar-refractivity contribution >= 4 is 7.92 Å². The van der Waals surface area contributed by atoms with Gasteiger partial charge >= 0.3 is 17.1 Å². The number of hydrogen-bond donors (Lipinski definition) is 0. The second kappa shape index (κ2) is 14.6. The van der Waals surface area contributed by atoms with E-state index in [2.05, 4.69) is 78.7 Å². The first kappa shape index (κ1) is 31.7. The molecule has 3 fully saturated rings. The van der Waals surface area contributed by atoms with E-state index in [1.165, 1.54) is 57.8 Å². The molecule has 0 amide bonds. The summed E-state index contributed by atoms with van der Waals surface area (Å²) < 4.78 is 0. The molecule has 1 unspecified atom stereocenters. The van der Waals surface area contributed by atoms with Crippen LogP contribution in [0.3, 0.4) is 0 Å². The molecule has 0 saturated heterocycles. The maximum atomic E-state index is 2.86. The van der Waals surface area contributed by atoms with Crippen molar-refractivity contribution in [2.24, 2.45) is 5.92 Å². The van der Waals surface area contributed by atoms with Crippen LogP contribution in [-0.4, -0.2) is 26.9 Å². The third-order valence-electron chi connectivity index (χ3n) is 7.65. The summed E-state index contributed by atoms with van der Waals surface area (Å²) in [5, 5.41) is 0.739. The topological polar surface area (TPSA) is 3.24 Å². The molecule has 4 aliphatic rings. The standard InChI is InChI=1S/C27H46NP.C5H5.Fe/c1-21(29(26(2,3)4)27(5,6)7)24-19-14-20-25(24)28(22-15-10-8-11-16-22)23-17-12-9-13-18-23;1-2-4-5-3-1;/h14-15,19-21,23-24H,8-13,16-18H2,1-7H3;1-5H;/q;;+2/t21-,24?;;/m0../s1. The van der Waals surface area contributed by atoms with E-state index in [1.54, 1.807) is 11.7 Å². The minimum atomic E-state index is -0.139. The monoisotopic (exact) mass is 536 g/mol. The van der Waals surface area contributed by atoms with Crippen LogP contribution in [0.2, 0.25) is 0 Å². The molecule has 195 valence electrons. The SMILES string of the molecule is C[C@@H](C1[CH][CH][CH][C]1N(C1=CCCCC1)C1CCCCC1)P(C(C)(C)C)C(C)(C)C.[CH]1[CH][CH][CH][CH]1.[Fe+2]. The van der Waals surface area contributed by atoms with Gasteiger partial charge < -0.3 is 4.90 Å². The number of allylic oxidation sites excluding steroid dienone is 2. The Morgan fingerprint density at radius 2 is 1.37 bits per heavy atom. The van der Waals surface area contributed by atoms with Crippen molar-refractivity contribution in [3.05, 3.63) is 69.2 Å². The molecular weight excluding hydrogens is 485 g/mol. The third-order valence-corrected chi connectivity index (χ3v) is 11.7. The zero-order valence-corrected chi connectivity index (χ0v) is 25.5. The van der Waals surface area contributed by atoms with Gasteiger partial charge in [-0.3, -0.25) is 0 Å². The molecular formula is C32H51FeNP+2. The molecule has 0 aromatic heterocycles. The fraction of sp³-hybridized carbons (Fsp3) is 0.656. The summed E-state index contributed by atoms with van der Waals surface area (Å²) in [6.45, 7) is 17.4. The maximum Gasteiger partial charge on any atom is 2.00 e. The zero-order valence-electron chi connectivity index (χ0n) is 23.5. The third kappa shape index (κ3) is 9.03. The smallest absolute Gasteiger partial charge is 0.363 e. The van der Waals surface area contributed by atoms with Crippen LogP contribution in [0.15, 0.2) is 11.8 Å². The minimum Gasteiger partial charge on any atom is -0.363 e. The van der Waals surface area contributed by atoms with E-state index in [9.17, 15) is 0 Å². The molecule has 0 aromatic carbocycles. The van der Waals surface area contributed by atoms with E-state index in [0.29, 0.717) is 21.9 Å². The summed E-state index contributed by atoms with van der Waals surface area (Å²) in [5.74, 6) is 0.573. The van der Waals surface area contributed by atoms with Gasteiger partial charge in [-0.05, 0) is 112 Å². The van der Waals surface area contributed by atoms with E-state index >= 15 is 0 Å². The molecule has 9 radical (unpaired) electrons. The molecule has 0 spiro atoms. The molecule has 0 N–H and O–H groups in total. The second-order valence-electron chi connectivity index (χ2n) is 12.5. The summed E-state index contributed by atoms with van der Waals surface area (Å²) in [6.07, 6.45) is 32.3. The zero-order chi connectivity index (χ0) is 24.8. The number of hydrogen-bond acceptors (Lipinski definition) is 1. The predicted molar refractivity (Wildman–Crippen MR) is 152 cm³/mol. The molecule has 3 heteroatoms. The van der Waals surface area contributed by atoms with Crippen LogP contribution < -0.4 is 0 Å². The van der Waals surface area contributed by atoms with Crippen LogP contribution >= 0.6 is 7.92 Å². The Hall–Kier alpha value is 0.489. The first-order valence-corrected chi connectivity index (χ1v) is 15.3. The maximum absolute atomic E-state index is 2.86. The molecule has 2 atom stereocenters. The fourth-order valence-electron chi connectivity index (χ4n) is 6.83. The van der Waals surface area contributed by atoms with Gasteiger partial charge in [-0.2, -0.15) is 0 Å². The van der Waals surface area contributed by atoms with Crippen LogP contribution in [0.1, 0.15) is 106 Å². The Morgan fingerprint density at radius 3 is 1.86 bits per heavy atom. The average Bonchev–Trinajstić information content (AvgIpc) is 3.49. The van der Waals surface area contributed by atoms with Crippen molar-refractivity contribution in [3.63, 3.8) is 0 Å². The first-order chi connectivity index (χ1) is 16.1. The predicted octanol–water partition coefficient (Wildman–Crippen LogP) is 9.34. The molecule has 4 aliphatic carbocycles. The van der Waals surface area contributed by atoms with Gasteiger partial charge in [-0.1, -0.05) is 81.7 Å². The van der Waals surface area contributed by atoms with Crippen molar-refractivity contribution in [2.45, 2.75) is 128 Å². The van der Waals surface area contributed by atoms with Crippen LogP contribution in [0.4, 0.5) is 0 Å². The van der Waals surface area contributed by atoms with Gasteiger partial charge in [0.1, 0.15) is 0 Å². The summed E-state index contributed by atoms with van der Waals surface area (Å²) in [6, 6.07) is 2.35. The van der Waals surface area contributed by atoms with Gasteiger partial charge in [-0.25, -0.2) is 0 Å². The average molecular weight is 537 g/mol. The molecule has 0 heterocycles. The summed E-state index contributed by atoms with van der Waals surface area (Å²) in [7, 11) is -0.139. The summed E-state index contributed by atoms with van der Waals surface area (Å²) in [5.41, 5.74) is 2.34. The van der Waals surface area contributed by atoms with Gasteiger partial charge in [0.05, 0.1) is 6.04 Å². The van der Waals surface area contributed by atoms with Crippen molar-refractivity contribution in [1.29, 1.82) is 0 Å².